The van der Waals surface area contributed by atoms with Crippen LogP contribution < -0.4 is 5.43 Å². The van der Waals surface area contributed by atoms with E-state index in [1.165, 1.54) is 19.1 Å². The summed E-state index contributed by atoms with van der Waals surface area (Å²) in [6, 6.07) is 7.56. The molecule has 0 bridgehead atoms. The Morgan fingerprint density at radius 3 is 2.50 bits per heavy atom. The van der Waals surface area contributed by atoms with Gasteiger partial charge >= 0.3 is 0 Å². The molecule has 0 unspecified atom stereocenters. The number of nitrogens with zero attached hydrogens (tertiary/aromatic N) is 1. The number of phenols is 1. The number of aromatic hydroxyl groups is 1. The lowest BCUT2D eigenvalue weighted by atomic mass is 10.1. The van der Waals surface area contributed by atoms with Crippen molar-refractivity contribution in [2.24, 2.45) is 5.10 Å². The third-order valence-corrected chi connectivity index (χ3v) is 3.10. The van der Waals surface area contributed by atoms with Gasteiger partial charge in [0, 0.05) is 22.2 Å². The van der Waals surface area contributed by atoms with E-state index < -0.39 is 23.3 Å². The summed E-state index contributed by atoms with van der Waals surface area (Å²) >= 11 is 5.71. The average molecular weight is 325 g/mol. The predicted octanol–water partition coefficient (Wildman–Crippen LogP) is 3.48. The molecule has 0 spiro atoms. The van der Waals surface area contributed by atoms with E-state index >= 15 is 0 Å². The monoisotopic (exact) mass is 324 g/mol. The van der Waals surface area contributed by atoms with Crippen molar-refractivity contribution >= 4 is 23.2 Å². The van der Waals surface area contributed by atoms with Gasteiger partial charge in [0.2, 0.25) is 0 Å². The van der Waals surface area contributed by atoms with Crippen LogP contribution in [0, 0.1) is 11.6 Å². The molecule has 0 aliphatic heterocycles. The van der Waals surface area contributed by atoms with Crippen molar-refractivity contribution in [3.05, 3.63) is 64.2 Å². The van der Waals surface area contributed by atoms with E-state index in [0.29, 0.717) is 16.7 Å². The molecule has 0 aromatic heterocycles. The van der Waals surface area contributed by atoms with E-state index in [4.69, 9.17) is 11.6 Å². The van der Waals surface area contributed by atoms with Crippen LogP contribution in [0.15, 0.2) is 41.5 Å². The van der Waals surface area contributed by atoms with Crippen molar-refractivity contribution in [1.82, 2.24) is 5.43 Å². The zero-order valence-electron chi connectivity index (χ0n) is 11.4. The van der Waals surface area contributed by atoms with E-state index in [2.05, 4.69) is 10.5 Å². The zero-order chi connectivity index (χ0) is 16.3. The van der Waals surface area contributed by atoms with Gasteiger partial charge in [-0.2, -0.15) is 5.10 Å². The Kier molecular flexibility index (Phi) is 4.72. The number of hydrogen-bond acceptors (Lipinski definition) is 3. The van der Waals surface area contributed by atoms with Crippen LogP contribution in [-0.2, 0) is 0 Å². The molecule has 0 aliphatic carbocycles. The molecule has 0 heterocycles. The lowest BCUT2D eigenvalue weighted by Gasteiger charge is -2.06. The largest absolute Gasteiger partial charge is 0.504 e. The highest BCUT2D eigenvalue weighted by Gasteiger charge is 2.13. The van der Waals surface area contributed by atoms with E-state index in [0.717, 1.165) is 6.07 Å². The fraction of sp³-hybridized carbons (Fsp3) is 0.0667. The Hall–Kier alpha value is -2.47. The van der Waals surface area contributed by atoms with Gasteiger partial charge in [-0.25, -0.2) is 14.2 Å². The fourth-order valence-corrected chi connectivity index (χ4v) is 1.83. The summed E-state index contributed by atoms with van der Waals surface area (Å²) in [5.41, 5.74) is 2.46. The van der Waals surface area contributed by atoms with Gasteiger partial charge in [-0.1, -0.05) is 11.6 Å². The van der Waals surface area contributed by atoms with Gasteiger partial charge < -0.3 is 5.11 Å². The molecule has 0 aliphatic rings. The minimum absolute atomic E-state index is 0.0539. The molecule has 4 nitrogen and oxygen atoms in total. The summed E-state index contributed by atoms with van der Waals surface area (Å²) < 4.78 is 26.4. The van der Waals surface area contributed by atoms with E-state index in [1.54, 1.807) is 12.1 Å². The van der Waals surface area contributed by atoms with Crippen molar-refractivity contribution in [2.45, 2.75) is 6.92 Å². The Morgan fingerprint density at radius 1 is 1.23 bits per heavy atom. The molecule has 2 N–H and O–H groups in total. The van der Waals surface area contributed by atoms with Gasteiger partial charge in [-0.15, -0.1) is 0 Å². The third kappa shape index (κ3) is 3.59. The Labute approximate surface area is 130 Å². The molecular formula is C15H11ClF2N2O2. The van der Waals surface area contributed by atoms with Crippen molar-refractivity contribution in [3.8, 4) is 5.75 Å². The predicted molar refractivity (Wildman–Crippen MR) is 79.2 cm³/mol. The third-order valence-electron chi connectivity index (χ3n) is 2.85. The number of phenolic OH excluding ortho intramolecular Hbond substituents is 1. The van der Waals surface area contributed by atoms with Gasteiger partial charge in [0.05, 0.1) is 5.71 Å². The second-order valence-corrected chi connectivity index (χ2v) is 4.87. The highest BCUT2D eigenvalue weighted by molar-refractivity contribution is 6.30. The first kappa shape index (κ1) is 15.9. The SMILES string of the molecule is CC(=NNC(=O)c1ccc(Cl)cc1)c1cc(F)cc(F)c1O. The molecule has 0 atom stereocenters. The molecule has 114 valence electrons. The molecule has 2 rings (SSSR count). The highest BCUT2D eigenvalue weighted by Crippen LogP contribution is 2.23. The summed E-state index contributed by atoms with van der Waals surface area (Å²) in [7, 11) is 0. The van der Waals surface area contributed by atoms with Crippen LogP contribution in [-0.4, -0.2) is 16.7 Å². The van der Waals surface area contributed by atoms with Crippen molar-refractivity contribution in [1.29, 1.82) is 0 Å². The van der Waals surface area contributed by atoms with Gasteiger partial charge in [-0.05, 0) is 37.3 Å². The topological polar surface area (TPSA) is 61.7 Å². The second kappa shape index (κ2) is 6.53. The summed E-state index contributed by atoms with van der Waals surface area (Å²) in [6.45, 7) is 1.40. The van der Waals surface area contributed by atoms with Crippen LogP contribution in [0.3, 0.4) is 0 Å². The summed E-state index contributed by atoms with van der Waals surface area (Å²) in [5, 5.41) is 13.8. The lowest BCUT2D eigenvalue weighted by Crippen LogP contribution is -2.19. The maximum Gasteiger partial charge on any atom is 0.271 e. The standard InChI is InChI=1S/C15H11ClF2N2O2/c1-8(12-6-11(17)7-13(18)14(12)21)19-20-15(22)9-2-4-10(16)5-3-9/h2-7,21H,1H3,(H,20,22). The number of rotatable bonds is 3. The van der Waals surface area contributed by atoms with E-state index in [1.807, 2.05) is 0 Å². The molecule has 0 saturated carbocycles. The Morgan fingerprint density at radius 2 is 1.86 bits per heavy atom. The van der Waals surface area contributed by atoms with Crippen molar-refractivity contribution in [3.63, 3.8) is 0 Å². The maximum absolute atomic E-state index is 13.3. The van der Waals surface area contributed by atoms with Gasteiger partial charge in [0.15, 0.2) is 11.6 Å². The first-order valence-electron chi connectivity index (χ1n) is 6.17. The molecule has 1 amide bonds. The lowest BCUT2D eigenvalue weighted by molar-refractivity contribution is 0.0955. The van der Waals surface area contributed by atoms with Crippen LogP contribution in [0.2, 0.25) is 5.02 Å². The van der Waals surface area contributed by atoms with E-state index in [9.17, 15) is 18.7 Å². The van der Waals surface area contributed by atoms with Crippen LogP contribution in [0.4, 0.5) is 8.78 Å². The smallest absolute Gasteiger partial charge is 0.271 e. The van der Waals surface area contributed by atoms with Crippen LogP contribution in [0.25, 0.3) is 0 Å². The molecule has 0 radical (unpaired) electrons. The number of carbonyl (C=O) groups excluding carboxylic acids is 1. The zero-order valence-corrected chi connectivity index (χ0v) is 12.2. The highest BCUT2D eigenvalue weighted by atomic mass is 35.5. The number of halogens is 3. The van der Waals surface area contributed by atoms with E-state index in [-0.39, 0.29) is 11.3 Å². The Bertz CT molecular complexity index is 746. The minimum Gasteiger partial charge on any atom is -0.504 e. The normalized spacial score (nSPS) is 11.4. The van der Waals surface area contributed by atoms with Gasteiger partial charge in [0.1, 0.15) is 5.82 Å². The van der Waals surface area contributed by atoms with Crippen LogP contribution >= 0.6 is 11.6 Å². The number of hydrazone groups is 1. The molecule has 0 saturated heterocycles. The maximum atomic E-state index is 13.3. The van der Waals surface area contributed by atoms with Crippen LogP contribution in [0.5, 0.6) is 5.75 Å². The number of benzene rings is 2. The first-order chi connectivity index (χ1) is 10.4. The summed E-state index contributed by atoms with van der Waals surface area (Å²) in [4.78, 5) is 11.8. The van der Waals surface area contributed by atoms with Crippen molar-refractivity contribution < 1.29 is 18.7 Å². The van der Waals surface area contributed by atoms with Crippen molar-refractivity contribution in [2.75, 3.05) is 0 Å². The molecule has 22 heavy (non-hydrogen) atoms. The van der Waals surface area contributed by atoms with Crippen LogP contribution in [0.1, 0.15) is 22.8 Å². The molecule has 7 heteroatoms. The Balaban J connectivity index is 2.19. The fourth-order valence-electron chi connectivity index (χ4n) is 1.70. The van der Waals surface area contributed by atoms with Gasteiger partial charge in [-0.3, -0.25) is 4.79 Å². The minimum atomic E-state index is -1.10. The summed E-state index contributed by atoms with van der Waals surface area (Å²) in [6.07, 6.45) is 0. The molecular weight excluding hydrogens is 314 g/mol. The number of nitrogens with one attached hydrogen (secondary N) is 1. The van der Waals surface area contributed by atoms with Gasteiger partial charge in [0.25, 0.3) is 5.91 Å². The second-order valence-electron chi connectivity index (χ2n) is 4.43. The molecule has 2 aromatic carbocycles. The molecule has 2 aromatic rings. The quantitative estimate of drug-likeness (QED) is 0.670. The number of hydrogen-bond donors (Lipinski definition) is 2. The summed E-state index contributed by atoms with van der Waals surface area (Å²) in [5.74, 6) is -3.21. The number of carbonyl (C=O) groups is 1. The number of amides is 1. The average Bonchev–Trinajstić information content (AvgIpc) is 2.48. The molecule has 0 fully saturated rings. The first-order valence-corrected chi connectivity index (χ1v) is 6.55.